The summed E-state index contributed by atoms with van der Waals surface area (Å²) in [4.78, 5) is 17.2. The van der Waals surface area contributed by atoms with Crippen molar-refractivity contribution in [2.45, 2.75) is 57.7 Å². The van der Waals surface area contributed by atoms with Gasteiger partial charge in [-0.25, -0.2) is 4.98 Å². The highest BCUT2D eigenvalue weighted by molar-refractivity contribution is 5.84. The van der Waals surface area contributed by atoms with Crippen LogP contribution in [0.4, 0.5) is 11.8 Å². The molecule has 0 radical (unpaired) electrons. The number of hydrogen-bond donors (Lipinski definition) is 1. The van der Waals surface area contributed by atoms with Crippen LogP contribution >= 0.6 is 0 Å². The van der Waals surface area contributed by atoms with E-state index in [4.69, 9.17) is 15.0 Å². The summed E-state index contributed by atoms with van der Waals surface area (Å²) >= 11 is 0. The van der Waals surface area contributed by atoms with Gasteiger partial charge in [0, 0.05) is 25.7 Å². The van der Waals surface area contributed by atoms with E-state index in [2.05, 4.69) is 63.3 Å². The fourth-order valence-corrected chi connectivity index (χ4v) is 5.24. The number of aromatic nitrogens is 4. The van der Waals surface area contributed by atoms with E-state index in [9.17, 15) is 0 Å². The molecule has 2 aromatic heterocycles. The Morgan fingerprint density at radius 3 is 2.52 bits per heavy atom. The number of fused-ring (bicyclic) bond motifs is 2. The second-order valence-electron chi connectivity index (χ2n) is 9.27. The van der Waals surface area contributed by atoms with E-state index in [1.165, 1.54) is 48.8 Å². The fourth-order valence-electron chi connectivity index (χ4n) is 5.24. The summed E-state index contributed by atoms with van der Waals surface area (Å²) in [6.45, 7) is 2.49. The number of nitrogens with one attached hydrogen (secondary N) is 1. The monoisotopic (exact) mass is 438 g/mol. The molecular weight excluding hydrogens is 408 g/mol. The first-order valence-corrected chi connectivity index (χ1v) is 12.2. The van der Waals surface area contributed by atoms with Gasteiger partial charge in [-0.1, -0.05) is 73.9 Å². The van der Waals surface area contributed by atoms with Crippen LogP contribution in [0.3, 0.4) is 0 Å². The quantitative estimate of drug-likeness (QED) is 0.445. The van der Waals surface area contributed by atoms with Crippen LogP contribution in [0.1, 0.15) is 54.8 Å². The van der Waals surface area contributed by atoms with Crippen LogP contribution < -0.4 is 10.2 Å². The number of imidazole rings is 1. The zero-order valence-corrected chi connectivity index (χ0v) is 19.0. The van der Waals surface area contributed by atoms with Crippen LogP contribution in [0.15, 0.2) is 60.9 Å². The SMILES string of the molecule is c1ccc(CNc2nc(N3CCc4ccccc4C3)nc3c2ncn3C2CCCCC2)cc1. The molecule has 33 heavy (non-hydrogen) atoms. The molecule has 0 atom stereocenters. The summed E-state index contributed by atoms with van der Waals surface area (Å²) in [6.07, 6.45) is 9.31. The third-order valence-electron chi connectivity index (χ3n) is 7.09. The molecule has 6 rings (SSSR count). The first-order valence-electron chi connectivity index (χ1n) is 12.2. The average molecular weight is 439 g/mol. The minimum atomic E-state index is 0.482. The Labute approximate surface area is 194 Å². The van der Waals surface area contributed by atoms with Gasteiger partial charge in [-0.2, -0.15) is 9.97 Å². The van der Waals surface area contributed by atoms with Gasteiger partial charge in [0.25, 0.3) is 0 Å². The van der Waals surface area contributed by atoms with Crippen molar-refractivity contribution in [3.05, 3.63) is 77.6 Å². The minimum absolute atomic E-state index is 0.482. The van der Waals surface area contributed by atoms with Crippen molar-refractivity contribution >= 4 is 22.9 Å². The third kappa shape index (κ3) is 4.06. The van der Waals surface area contributed by atoms with E-state index in [1.807, 2.05) is 12.4 Å². The summed E-state index contributed by atoms with van der Waals surface area (Å²) in [5.41, 5.74) is 5.86. The molecule has 3 heterocycles. The Kier molecular flexibility index (Phi) is 5.42. The Morgan fingerprint density at radius 2 is 1.67 bits per heavy atom. The molecule has 2 aromatic carbocycles. The molecule has 4 aromatic rings. The Hall–Kier alpha value is -3.41. The first-order chi connectivity index (χ1) is 16.3. The highest BCUT2D eigenvalue weighted by Gasteiger charge is 2.24. The van der Waals surface area contributed by atoms with Crippen molar-refractivity contribution in [2.24, 2.45) is 0 Å². The molecule has 1 aliphatic carbocycles. The molecule has 6 heteroatoms. The molecule has 0 unspecified atom stereocenters. The van der Waals surface area contributed by atoms with Gasteiger partial charge >= 0.3 is 0 Å². The van der Waals surface area contributed by atoms with Gasteiger partial charge in [0.2, 0.25) is 5.95 Å². The lowest BCUT2D eigenvalue weighted by Gasteiger charge is -2.29. The second-order valence-corrected chi connectivity index (χ2v) is 9.27. The van der Waals surface area contributed by atoms with Crippen LogP contribution in [0.5, 0.6) is 0 Å². The number of hydrogen-bond acceptors (Lipinski definition) is 5. The van der Waals surface area contributed by atoms with Crippen LogP contribution in [-0.4, -0.2) is 26.1 Å². The summed E-state index contributed by atoms with van der Waals surface area (Å²) in [5, 5.41) is 3.57. The van der Waals surface area contributed by atoms with Crippen LogP contribution in [0.2, 0.25) is 0 Å². The van der Waals surface area contributed by atoms with Crippen molar-refractivity contribution < 1.29 is 0 Å². The molecule has 0 spiro atoms. The zero-order valence-electron chi connectivity index (χ0n) is 19.0. The van der Waals surface area contributed by atoms with Gasteiger partial charge in [0.15, 0.2) is 17.0 Å². The van der Waals surface area contributed by atoms with Gasteiger partial charge < -0.3 is 14.8 Å². The Bertz CT molecular complexity index is 1240. The molecule has 1 N–H and O–H groups in total. The van der Waals surface area contributed by atoms with Gasteiger partial charge in [-0.3, -0.25) is 0 Å². The topological polar surface area (TPSA) is 58.9 Å². The summed E-state index contributed by atoms with van der Waals surface area (Å²) < 4.78 is 2.31. The van der Waals surface area contributed by atoms with Gasteiger partial charge in [0.05, 0.1) is 6.33 Å². The molecule has 2 aliphatic rings. The predicted octanol–water partition coefficient (Wildman–Crippen LogP) is 5.51. The highest BCUT2D eigenvalue weighted by atomic mass is 15.3. The number of nitrogens with zero attached hydrogens (tertiary/aromatic N) is 5. The largest absolute Gasteiger partial charge is 0.364 e. The van der Waals surface area contributed by atoms with Crippen LogP contribution in [-0.2, 0) is 19.5 Å². The summed E-state index contributed by atoms with van der Waals surface area (Å²) in [6, 6.07) is 19.6. The zero-order chi connectivity index (χ0) is 22.0. The van der Waals surface area contributed by atoms with E-state index in [-0.39, 0.29) is 0 Å². The standard InChI is InChI=1S/C27H30N6/c1-3-9-20(10-4-1)17-28-25-24-26(33(19-29-24)23-13-5-2-6-14-23)31-27(30-25)32-16-15-21-11-7-8-12-22(21)18-32/h1,3-4,7-12,19,23H,2,5-6,13-18H2,(H,28,30,31). The molecule has 0 saturated heterocycles. The second kappa shape index (κ2) is 8.85. The van der Waals surface area contributed by atoms with E-state index < -0.39 is 0 Å². The maximum absolute atomic E-state index is 5.10. The smallest absolute Gasteiger partial charge is 0.229 e. The normalized spacial score (nSPS) is 16.7. The van der Waals surface area contributed by atoms with E-state index >= 15 is 0 Å². The first kappa shape index (κ1) is 20.2. The summed E-state index contributed by atoms with van der Waals surface area (Å²) in [7, 11) is 0. The molecule has 1 aliphatic heterocycles. The molecule has 0 bridgehead atoms. The maximum Gasteiger partial charge on any atom is 0.229 e. The van der Waals surface area contributed by atoms with Gasteiger partial charge in [-0.15, -0.1) is 0 Å². The average Bonchev–Trinajstić information content (AvgIpc) is 3.32. The number of anilines is 2. The van der Waals surface area contributed by atoms with Crippen LogP contribution in [0.25, 0.3) is 11.2 Å². The lowest BCUT2D eigenvalue weighted by Crippen LogP contribution is -2.32. The fraction of sp³-hybridized carbons (Fsp3) is 0.370. The van der Waals surface area contributed by atoms with Crippen molar-refractivity contribution in [3.8, 4) is 0 Å². The third-order valence-corrected chi connectivity index (χ3v) is 7.09. The van der Waals surface area contributed by atoms with Crippen molar-refractivity contribution in [2.75, 3.05) is 16.8 Å². The predicted molar refractivity (Wildman–Crippen MR) is 132 cm³/mol. The van der Waals surface area contributed by atoms with Gasteiger partial charge in [-0.05, 0) is 36.0 Å². The highest BCUT2D eigenvalue weighted by Crippen LogP contribution is 2.33. The van der Waals surface area contributed by atoms with E-state index in [0.717, 1.165) is 42.4 Å². The van der Waals surface area contributed by atoms with E-state index in [1.54, 1.807) is 0 Å². The molecular formula is C27H30N6. The Balaban J connectivity index is 1.38. The number of benzene rings is 2. The Morgan fingerprint density at radius 1 is 0.879 bits per heavy atom. The molecule has 168 valence electrons. The lowest BCUT2D eigenvalue weighted by atomic mass is 9.95. The molecule has 0 amide bonds. The molecule has 6 nitrogen and oxygen atoms in total. The minimum Gasteiger partial charge on any atom is -0.364 e. The number of rotatable bonds is 5. The van der Waals surface area contributed by atoms with Crippen molar-refractivity contribution in [3.63, 3.8) is 0 Å². The van der Waals surface area contributed by atoms with Crippen molar-refractivity contribution in [1.29, 1.82) is 0 Å². The van der Waals surface area contributed by atoms with Crippen LogP contribution in [0, 0.1) is 0 Å². The van der Waals surface area contributed by atoms with E-state index in [0.29, 0.717) is 12.6 Å². The molecule has 1 fully saturated rings. The van der Waals surface area contributed by atoms with Gasteiger partial charge in [0.1, 0.15) is 0 Å². The lowest BCUT2D eigenvalue weighted by molar-refractivity contribution is 0.358. The van der Waals surface area contributed by atoms with Crippen molar-refractivity contribution in [1.82, 2.24) is 19.5 Å². The molecule has 1 saturated carbocycles. The maximum atomic E-state index is 5.10. The summed E-state index contributed by atoms with van der Waals surface area (Å²) in [5.74, 6) is 1.62.